The Bertz CT molecular complexity index is 514. The summed E-state index contributed by atoms with van der Waals surface area (Å²) in [4.78, 5) is 18.6. The fourth-order valence-corrected chi connectivity index (χ4v) is 2.32. The lowest BCUT2D eigenvalue weighted by Crippen LogP contribution is -2.01. The summed E-state index contributed by atoms with van der Waals surface area (Å²) in [6, 6.07) is 1.95. The van der Waals surface area contributed by atoms with E-state index in [2.05, 4.69) is 16.5 Å². The summed E-state index contributed by atoms with van der Waals surface area (Å²) in [5.74, 6) is -0.955. The lowest BCUT2D eigenvalue weighted by molar-refractivity contribution is -0.132. The summed E-state index contributed by atoms with van der Waals surface area (Å²) in [6.45, 7) is 3.53. The van der Waals surface area contributed by atoms with E-state index in [-0.39, 0.29) is 5.57 Å². The first-order chi connectivity index (χ1) is 7.68. The molecule has 2 heterocycles. The Morgan fingerprint density at radius 1 is 1.62 bits per heavy atom. The molecule has 0 fully saturated rings. The van der Waals surface area contributed by atoms with E-state index in [1.165, 1.54) is 11.3 Å². The van der Waals surface area contributed by atoms with Crippen molar-refractivity contribution in [3.63, 3.8) is 0 Å². The van der Waals surface area contributed by atoms with Crippen LogP contribution in [-0.4, -0.2) is 21.0 Å². The Labute approximate surface area is 96.3 Å². The van der Waals surface area contributed by atoms with E-state index in [1.807, 2.05) is 11.4 Å². The third kappa shape index (κ3) is 2.04. The van der Waals surface area contributed by atoms with Gasteiger partial charge in [-0.1, -0.05) is 6.58 Å². The maximum absolute atomic E-state index is 10.7. The van der Waals surface area contributed by atoms with Gasteiger partial charge in [0.25, 0.3) is 0 Å². The number of hydrogen-bond donors (Lipinski definition) is 2. The average molecular weight is 234 g/mol. The molecule has 0 saturated heterocycles. The Morgan fingerprint density at radius 3 is 3.06 bits per heavy atom. The molecule has 0 spiro atoms. The first-order valence-corrected chi connectivity index (χ1v) is 5.52. The molecule has 0 aliphatic rings. The number of carboxylic acids is 1. The molecular formula is C11H10N2O2S. The molecule has 82 valence electrons. The number of nitrogens with one attached hydrogen (secondary N) is 1. The van der Waals surface area contributed by atoms with E-state index in [4.69, 9.17) is 5.11 Å². The van der Waals surface area contributed by atoms with Crippen LogP contribution in [0.25, 0.3) is 11.3 Å². The molecule has 0 saturated carbocycles. The summed E-state index contributed by atoms with van der Waals surface area (Å²) in [5.41, 5.74) is 2.09. The van der Waals surface area contributed by atoms with Crippen molar-refractivity contribution in [3.8, 4) is 11.3 Å². The number of carbonyl (C=O) groups is 1. The van der Waals surface area contributed by atoms with Crippen LogP contribution in [0.1, 0.15) is 4.88 Å². The lowest BCUT2D eigenvalue weighted by atomic mass is 10.1. The maximum atomic E-state index is 10.7. The highest BCUT2D eigenvalue weighted by Crippen LogP contribution is 2.28. The van der Waals surface area contributed by atoms with Crippen molar-refractivity contribution < 1.29 is 9.90 Å². The molecule has 0 amide bonds. The number of hydrogen-bond acceptors (Lipinski definition) is 3. The summed E-state index contributed by atoms with van der Waals surface area (Å²) in [7, 11) is 0. The number of aromatic nitrogens is 2. The van der Waals surface area contributed by atoms with Crippen LogP contribution in [0.4, 0.5) is 0 Å². The monoisotopic (exact) mass is 234 g/mol. The van der Waals surface area contributed by atoms with Crippen molar-refractivity contribution in [3.05, 3.63) is 41.0 Å². The van der Waals surface area contributed by atoms with Gasteiger partial charge in [-0.05, 0) is 11.4 Å². The van der Waals surface area contributed by atoms with Crippen LogP contribution in [0.5, 0.6) is 0 Å². The van der Waals surface area contributed by atoms with Crippen molar-refractivity contribution >= 4 is 17.3 Å². The van der Waals surface area contributed by atoms with Gasteiger partial charge in [-0.15, -0.1) is 11.3 Å². The van der Waals surface area contributed by atoms with Crippen LogP contribution in [0.2, 0.25) is 0 Å². The minimum atomic E-state index is -0.955. The molecule has 0 unspecified atom stereocenters. The standard InChI is InChI=1S/C11H10N2O2S/c1-7(11(14)15)4-10-8(2-3-16-10)9-5-12-6-13-9/h2-3,5-6H,1,4H2,(H,12,13)(H,14,15). The van der Waals surface area contributed by atoms with Crippen LogP contribution in [0.15, 0.2) is 36.1 Å². The van der Waals surface area contributed by atoms with E-state index in [0.29, 0.717) is 6.42 Å². The molecule has 2 N–H and O–H groups in total. The molecule has 2 aromatic heterocycles. The van der Waals surface area contributed by atoms with E-state index in [9.17, 15) is 4.79 Å². The fraction of sp³-hybridized carbons (Fsp3) is 0.0909. The highest BCUT2D eigenvalue weighted by Gasteiger charge is 2.12. The molecular weight excluding hydrogens is 224 g/mol. The summed E-state index contributed by atoms with van der Waals surface area (Å²) in [5, 5.41) is 10.7. The second-order valence-electron chi connectivity index (χ2n) is 3.31. The van der Waals surface area contributed by atoms with Crippen molar-refractivity contribution in [2.45, 2.75) is 6.42 Å². The zero-order chi connectivity index (χ0) is 11.5. The molecule has 0 aliphatic carbocycles. The van der Waals surface area contributed by atoms with Crippen molar-refractivity contribution in [2.24, 2.45) is 0 Å². The zero-order valence-corrected chi connectivity index (χ0v) is 9.25. The lowest BCUT2D eigenvalue weighted by Gasteiger charge is -2.01. The molecule has 0 aliphatic heterocycles. The van der Waals surface area contributed by atoms with Crippen LogP contribution in [-0.2, 0) is 11.2 Å². The van der Waals surface area contributed by atoms with Gasteiger partial charge < -0.3 is 10.1 Å². The van der Waals surface area contributed by atoms with Crippen LogP contribution in [0, 0.1) is 0 Å². The molecule has 0 aromatic carbocycles. The fourth-order valence-electron chi connectivity index (χ4n) is 1.39. The van der Waals surface area contributed by atoms with Crippen molar-refractivity contribution in [1.29, 1.82) is 0 Å². The average Bonchev–Trinajstić information content (AvgIpc) is 2.85. The Morgan fingerprint density at radius 2 is 2.44 bits per heavy atom. The van der Waals surface area contributed by atoms with Gasteiger partial charge in [0.2, 0.25) is 0 Å². The Balaban J connectivity index is 2.27. The molecule has 0 radical (unpaired) electrons. The smallest absolute Gasteiger partial charge is 0.331 e. The van der Waals surface area contributed by atoms with Gasteiger partial charge in [0.05, 0.1) is 18.2 Å². The number of thiophene rings is 1. The predicted octanol–water partition coefficient (Wildman–Crippen LogP) is 2.32. The first-order valence-electron chi connectivity index (χ1n) is 4.64. The molecule has 16 heavy (non-hydrogen) atoms. The van der Waals surface area contributed by atoms with Gasteiger partial charge in [0.15, 0.2) is 0 Å². The molecule has 2 aromatic rings. The Hall–Kier alpha value is -1.88. The van der Waals surface area contributed by atoms with E-state index < -0.39 is 5.97 Å². The molecule has 4 nitrogen and oxygen atoms in total. The number of nitrogens with zero attached hydrogens (tertiary/aromatic N) is 1. The SMILES string of the molecule is C=C(Cc1sccc1-c1cnc[nH]1)C(=O)O. The number of carboxylic acid groups (broad SMARTS) is 1. The minimum Gasteiger partial charge on any atom is -0.478 e. The molecule has 0 atom stereocenters. The second kappa shape index (κ2) is 4.32. The van der Waals surface area contributed by atoms with Crippen LogP contribution in [0.3, 0.4) is 0 Å². The van der Waals surface area contributed by atoms with E-state index in [1.54, 1.807) is 12.5 Å². The second-order valence-corrected chi connectivity index (χ2v) is 4.31. The summed E-state index contributed by atoms with van der Waals surface area (Å²) >= 11 is 1.52. The van der Waals surface area contributed by atoms with Gasteiger partial charge in [0.1, 0.15) is 0 Å². The number of H-pyrrole nitrogens is 1. The largest absolute Gasteiger partial charge is 0.478 e. The maximum Gasteiger partial charge on any atom is 0.331 e. The van der Waals surface area contributed by atoms with Crippen LogP contribution < -0.4 is 0 Å². The van der Waals surface area contributed by atoms with E-state index >= 15 is 0 Å². The van der Waals surface area contributed by atoms with Crippen molar-refractivity contribution in [2.75, 3.05) is 0 Å². The molecule has 5 heteroatoms. The topological polar surface area (TPSA) is 66.0 Å². The number of rotatable bonds is 4. The van der Waals surface area contributed by atoms with Crippen LogP contribution >= 0.6 is 11.3 Å². The van der Waals surface area contributed by atoms with Gasteiger partial charge in [-0.3, -0.25) is 0 Å². The normalized spacial score (nSPS) is 10.2. The Kier molecular flexibility index (Phi) is 2.87. The summed E-state index contributed by atoms with van der Waals surface area (Å²) in [6.07, 6.45) is 3.68. The summed E-state index contributed by atoms with van der Waals surface area (Å²) < 4.78 is 0. The van der Waals surface area contributed by atoms with Gasteiger partial charge >= 0.3 is 5.97 Å². The highest BCUT2D eigenvalue weighted by molar-refractivity contribution is 7.10. The highest BCUT2D eigenvalue weighted by atomic mass is 32.1. The number of aromatic amines is 1. The zero-order valence-electron chi connectivity index (χ0n) is 8.43. The van der Waals surface area contributed by atoms with Crippen molar-refractivity contribution in [1.82, 2.24) is 9.97 Å². The minimum absolute atomic E-state index is 0.197. The van der Waals surface area contributed by atoms with Gasteiger partial charge in [-0.2, -0.15) is 0 Å². The van der Waals surface area contributed by atoms with Gasteiger partial charge in [0, 0.05) is 22.4 Å². The molecule has 2 rings (SSSR count). The predicted molar refractivity (Wildman–Crippen MR) is 62.4 cm³/mol. The number of imidazole rings is 1. The van der Waals surface area contributed by atoms with Gasteiger partial charge in [-0.25, -0.2) is 9.78 Å². The third-order valence-electron chi connectivity index (χ3n) is 2.21. The van der Waals surface area contributed by atoms with E-state index in [0.717, 1.165) is 16.1 Å². The third-order valence-corrected chi connectivity index (χ3v) is 3.13. The first kappa shape index (κ1) is 10.6. The number of aliphatic carboxylic acids is 1. The quantitative estimate of drug-likeness (QED) is 0.798. The molecule has 0 bridgehead atoms.